The van der Waals surface area contributed by atoms with Gasteiger partial charge in [0.05, 0.1) is 12.5 Å². The Labute approximate surface area is 144 Å². The van der Waals surface area contributed by atoms with Gasteiger partial charge in [0.2, 0.25) is 0 Å². The molecule has 2 aromatic heterocycles. The van der Waals surface area contributed by atoms with Gasteiger partial charge >= 0.3 is 0 Å². The number of hydrogen-bond donors (Lipinski definition) is 1. The molecule has 0 unspecified atom stereocenters. The number of thioether (sulfide) groups is 1. The number of nitrogens with zero attached hydrogens (tertiary/aromatic N) is 2. The molecule has 3 aromatic rings. The normalized spacial score (nSPS) is 11.0. The minimum absolute atomic E-state index is 0.149. The van der Waals surface area contributed by atoms with Crippen LogP contribution in [0.4, 0.5) is 0 Å². The van der Waals surface area contributed by atoms with E-state index in [-0.39, 0.29) is 5.56 Å². The summed E-state index contributed by atoms with van der Waals surface area (Å²) >= 11 is 1.47. The number of aryl methyl sites for hydroxylation is 3. The van der Waals surface area contributed by atoms with E-state index in [2.05, 4.69) is 21.0 Å². The van der Waals surface area contributed by atoms with Crippen molar-refractivity contribution in [3.8, 4) is 5.75 Å². The smallest absolute Gasteiger partial charge is 0.261 e. The summed E-state index contributed by atoms with van der Waals surface area (Å²) in [7, 11) is 1.66. The molecule has 0 saturated heterocycles. The van der Waals surface area contributed by atoms with Gasteiger partial charge in [-0.05, 0) is 38.5 Å². The standard InChI is InChI=1S/C18H19N3O2S/c1-10-5-6-14(23-4)13(7-10)9-24-18-20-16-15(17(22)21-18)11(2)8-12(3)19-16/h5-8H,9H2,1-4H3,(H,19,20,21,22). The molecule has 0 fully saturated rings. The largest absolute Gasteiger partial charge is 0.496 e. The van der Waals surface area contributed by atoms with Crippen LogP contribution in [-0.4, -0.2) is 22.1 Å². The lowest BCUT2D eigenvalue weighted by molar-refractivity contribution is 0.411. The second-order valence-electron chi connectivity index (χ2n) is 5.75. The van der Waals surface area contributed by atoms with Crippen molar-refractivity contribution in [1.82, 2.24) is 15.0 Å². The number of hydrogen-bond acceptors (Lipinski definition) is 5. The van der Waals surface area contributed by atoms with Gasteiger partial charge in [0.25, 0.3) is 5.56 Å². The number of rotatable bonds is 4. The Morgan fingerprint density at radius 1 is 1.17 bits per heavy atom. The minimum atomic E-state index is -0.149. The van der Waals surface area contributed by atoms with Crippen molar-refractivity contribution in [2.45, 2.75) is 31.7 Å². The van der Waals surface area contributed by atoms with E-state index in [0.29, 0.717) is 21.9 Å². The first-order chi connectivity index (χ1) is 11.5. The minimum Gasteiger partial charge on any atom is -0.496 e. The number of aromatic amines is 1. The molecule has 0 bridgehead atoms. The number of methoxy groups -OCH3 is 1. The molecule has 1 aromatic carbocycles. The second kappa shape index (κ2) is 6.65. The fraction of sp³-hybridized carbons (Fsp3) is 0.278. The van der Waals surface area contributed by atoms with Crippen LogP contribution < -0.4 is 10.3 Å². The molecule has 0 aliphatic heterocycles. The molecule has 0 aliphatic rings. The first-order valence-corrected chi connectivity index (χ1v) is 8.61. The van der Waals surface area contributed by atoms with Crippen molar-refractivity contribution >= 4 is 22.8 Å². The summed E-state index contributed by atoms with van der Waals surface area (Å²) in [4.78, 5) is 24.1. The molecular weight excluding hydrogens is 322 g/mol. The van der Waals surface area contributed by atoms with Gasteiger partial charge in [0.1, 0.15) is 5.75 Å². The summed E-state index contributed by atoms with van der Waals surface area (Å²) in [5, 5.41) is 1.12. The van der Waals surface area contributed by atoms with Crippen molar-refractivity contribution in [2.24, 2.45) is 0 Å². The second-order valence-corrected chi connectivity index (χ2v) is 6.72. The topological polar surface area (TPSA) is 67.9 Å². The van der Waals surface area contributed by atoms with Crippen molar-refractivity contribution < 1.29 is 4.74 Å². The van der Waals surface area contributed by atoms with Crippen LogP contribution in [0.5, 0.6) is 5.75 Å². The van der Waals surface area contributed by atoms with Crippen LogP contribution in [0.15, 0.2) is 34.2 Å². The Balaban J connectivity index is 1.94. The molecule has 6 heteroatoms. The fourth-order valence-corrected chi connectivity index (χ4v) is 3.53. The van der Waals surface area contributed by atoms with E-state index in [4.69, 9.17) is 4.74 Å². The van der Waals surface area contributed by atoms with E-state index >= 15 is 0 Å². The number of H-pyrrole nitrogens is 1. The summed E-state index contributed by atoms with van der Waals surface area (Å²) in [5.74, 6) is 1.49. The van der Waals surface area contributed by atoms with Gasteiger partial charge < -0.3 is 9.72 Å². The van der Waals surface area contributed by atoms with E-state index < -0.39 is 0 Å². The molecule has 0 saturated carbocycles. The Bertz CT molecular complexity index is 966. The predicted octanol–water partition coefficient (Wildman–Crippen LogP) is 3.54. The van der Waals surface area contributed by atoms with E-state index in [1.165, 1.54) is 17.3 Å². The monoisotopic (exact) mass is 341 g/mol. The molecular formula is C18H19N3O2S. The highest BCUT2D eigenvalue weighted by Crippen LogP contribution is 2.27. The Morgan fingerprint density at radius 3 is 2.71 bits per heavy atom. The van der Waals surface area contributed by atoms with Gasteiger partial charge in [-0.3, -0.25) is 4.79 Å². The number of aromatic nitrogens is 3. The highest BCUT2D eigenvalue weighted by molar-refractivity contribution is 7.98. The number of nitrogens with one attached hydrogen (secondary N) is 1. The van der Waals surface area contributed by atoms with Crippen molar-refractivity contribution in [3.63, 3.8) is 0 Å². The molecule has 5 nitrogen and oxygen atoms in total. The van der Waals surface area contributed by atoms with Crippen LogP contribution in [0.2, 0.25) is 0 Å². The molecule has 3 rings (SSSR count). The average Bonchev–Trinajstić information content (AvgIpc) is 2.52. The lowest BCUT2D eigenvalue weighted by Crippen LogP contribution is -2.12. The summed E-state index contributed by atoms with van der Waals surface area (Å²) in [6, 6.07) is 7.94. The van der Waals surface area contributed by atoms with Crippen molar-refractivity contribution in [3.05, 3.63) is 57.0 Å². The van der Waals surface area contributed by atoms with Gasteiger partial charge in [0.15, 0.2) is 10.8 Å². The van der Waals surface area contributed by atoms with Crippen LogP contribution in [0, 0.1) is 20.8 Å². The van der Waals surface area contributed by atoms with Crippen LogP contribution in [0.3, 0.4) is 0 Å². The first-order valence-electron chi connectivity index (χ1n) is 7.62. The summed E-state index contributed by atoms with van der Waals surface area (Å²) in [5.41, 5.74) is 4.33. The summed E-state index contributed by atoms with van der Waals surface area (Å²) in [6.07, 6.45) is 0. The SMILES string of the molecule is COc1ccc(C)cc1CSc1nc2nc(C)cc(C)c2c(=O)[nH]1. The van der Waals surface area contributed by atoms with Crippen molar-refractivity contribution in [1.29, 1.82) is 0 Å². The highest BCUT2D eigenvalue weighted by Gasteiger charge is 2.10. The van der Waals surface area contributed by atoms with Gasteiger partial charge in [0, 0.05) is 17.0 Å². The zero-order chi connectivity index (χ0) is 17.3. The predicted molar refractivity (Wildman–Crippen MR) is 96.9 cm³/mol. The zero-order valence-electron chi connectivity index (χ0n) is 14.1. The average molecular weight is 341 g/mol. The lowest BCUT2D eigenvalue weighted by atomic mass is 10.1. The van der Waals surface area contributed by atoms with E-state index in [0.717, 1.165) is 22.6 Å². The van der Waals surface area contributed by atoms with Gasteiger partial charge in [-0.15, -0.1) is 0 Å². The van der Waals surface area contributed by atoms with Crippen LogP contribution in [0.1, 0.15) is 22.4 Å². The first kappa shape index (κ1) is 16.5. The molecule has 0 aliphatic carbocycles. The molecule has 124 valence electrons. The molecule has 0 atom stereocenters. The zero-order valence-corrected chi connectivity index (χ0v) is 15.0. The highest BCUT2D eigenvalue weighted by atomic mass is 32.2. The molecule has 24 heavy (non-hydrogen) atoms. The molecule has 2 heterocycles. The number of ether oxygens (including phenoxy) is 1. The Kier molecular flexibility index (Phi) is 4.57. The van der Waals surface area contributed by atoms with Crippen LogP contribution in [-0.2, 0) is 5.75 Å². The van der Waals surface area contributed by atoms with E-state index in [1.54, 1.807) is 7.11 Å². The summed E-state index contributed by atoms with van der Waals surface area (Å²) in [6.45, 7) is 5.84. The fourth-order valence-electron chi connectivity index (χ4n) is 2.70. The van der Waals surface area contributed by atoms with Gasteiger partial charge in [-0.25, -0.2) is 9.97 Å². The molecule has 0 radical (unpaired) electrons. The number of benzene rings is 1. The van der Waals surface area contributed by atoms with Crippen molar-refractivity contribution in [2.75, 3.05) is 7.11 Å². The van der Waals surface area contributed by atoms with E-state index in [9.17, 15) is 4.79 Å². The van der Waals surface area contributed by atoms with Crippen LogP contribution >= 0.6 is 11.8 Å². The maximum absolute atomic E-state index is 12.3. The molecule has 0 spiro atoms. The molecule has 1 N–H and O–H groups in total. The summed E-state index contributed by atoms with van der Waals surface area (Å²) < 4.78 is 5.40. The number of fused-ring (bicyclic) bond motifs is 1. The van der Waals surface area contributed by atoms with E-state index in [1.807, 2.05) is 39.0 Å². The maximum atomic E-state index is 12.3. The Morgan fingerprint density at radius 2 is 1.96 bits per heavy atom. The molecule has 0 amide bonds. The lowest BCUT2D eigenvalue weighted by Gasteiger charge is -2.09. The number of pyridine rings is 1. The van der Waals surface area contributed by atoms with Crippen LogP contribution in [0.25, 0.3) is 11.0 Å². The quantitative estimate of drug-likeness (QED) is 0.581. The third-order valence-corrected chi connectivity index (χ3v) is 4.70. The van der Waals surface area contributed by atoms with Gasteiger partial charge in [-0.1, -0.05) is 29.5 Å². The maximum Gasteiger partial charge on any atom is 0.261 e. The Hall–Kier alpha value is -2.34. The third kappa shape index (κ3) is 3.28. The van der Waals surface area contributed by atoms with Gasteiger partial charge in [-0.2, -0.15) is 0 Å². The third-order valence-electron chi connectivity index (χ3n) is 3.78.